The Bertz CT molecular complexity index is 867. The summed E-state index contributed by atoms with van der Waals surface area (Å²) in [6.07, 6.45) is 0. The van der Waals surface area contributed by atoms with Crippen molar-refractivity contribution in [2.45, 2.75) is 0 Å². The lowest BCUT2D eigenvalue weighted by Crippen LogP contribution is -1.98. The minimum atomic E-state index is -0.481. The van der Waals surface area contributed by atoms with Crippen molar-refractivity contribution >= 4 is 16.7 Å². The summed E-state index contributed by atoms with van der Waals surface area (Å²) in [5.74, 6) is 0. The van der Waals surface area contributed by atoms with Crippen molar-refractivity contribution in [1.82, 2.24) is 0 Å². The first-order chi connectivity index (χ1) is 9.65. The molecule has 0 radical (unpaired) electrons. The van der Waals surface area contributed by atoms with E-state index in [2.05, 4.69) is 0 Å². The summed E-state index contributed by atoms with van der Waals surface area (Å²) < 4.78 is 5.11. The van der Waals surface area contributed by atoms with Crippen LogP contribution in [0, 0.1) is 10.1 Å². The van der Waals surface area contributed by atoms with Crippen molar-refractivity contribution in [3.8, 4) is 11.1 Å². The summed E-state index contributed by atoms with van der Waals surface area (Å²) in [4.78, 5) is 22.0. The number of nitro groups is 1. The molecule has 20 heavy (non-hydrogen) atoms. The van der Waals surface area contributed by atoms with Crippen molar-refractivity contribution in [3.05, 3.63) is 75.1 Å². The molecule has 0 saturated carbocycles. The van der Waals surface area contributed by atoms with E-state index in [4.69, 9.17) is 4.42 Å². The predicted molar refractivity (Wildman–Crippen MR) is 74.6 cm³/mol. The normalized spacial score (nSPS) is 10.6. The van der Waals surface area contributed by atoms with E-state index in [0.29, 0.717) is 16.7 Å². The number of benzene rings is 2. The molecule has 0 aliphatic heterocycles. The molecule has 0 bridgehead atoms. The summed E-state index contributed by atoms with van der Waals surface area (Å²) >= 11 is 0. The third-order valence-electron chi connectivity index (χ3n) is 3.02. The van der Waals surface area contributed by atoms with Crippen LogP contribution in [-0.4, -0.2) is 4.92 Å². The van der Waals surface area contributed by atoms with Crippen LogP contribution in [0.5, 0.6) is 0 Å². The van der Waals surface area contributed by atoms with Crippen LogP contribution in [0.2, 0.25) is 0 Å². The molecule has 0 amide bonds. The quantitative estimate of drug-likeness (QED) is 0.405. The zero-order valence-corrected chi connectivity index (χ0v) is 10.3. The molecule has 3 aromatic rings. The summed E-state index contributed by atoms with van der Waals surface area (Å²) in [5.41, 5.74) is 1.20. The minimum absolute atomic E-state index is 0.0141. The van der Waals surface area contributed by atoms with Crippen LogP contribution in [0.1, 0.15) is 0 Å². The van der Waals surface area contributed by atoms with Gasteiger partial charge in [-0.3, -0.25) is 10.1 Å². The van der Waals surface area contributed by atoms with Gasteiger partial charge < -0.3 is 4.42 Å². The highest BCUT2D eigenvalue weighted by Crippen LogP contribution is 2.29. The Morgan fingerprint density at radius 2 is 1.80 bits per heavy atom. The molecule has 0 aliphatic carbocycles. The Morgan fingerprint density at radius 1 is 1.00 bits per heavy atom. The molecular formula is C15H9NO4. The smallest absolute Gasteiger partial charge is 0.336 e. The highest BCUT2D eigenvalue weighted by molar-refractivity contribution is 5.93. The molecule has 1 aromatic heterocycles. The second-order valence-electron chi connectivity index (χ2n) is 4.28. The van der Waals surface area contributed by atoms with Crippen LogP contribution in [0.3, 0.4) is 0 Å². The molecular weight excluding hydrogens is 258 g/mol. The SMILES string of the molecule is O=c1cc(-c2cccc([N+](=O)[O-])c2)c2ccccc2o1. The van der Waals surface area contributed by atoms with E-state index in [1.165, 1.54) is 18.2 Å². The lowest BCUT2D eigenvalue weighted by atomic mass is 10.0. The standard InChI is InChI=1S/C15H9NO4/c17-15-9-13(12-6-1-2-7-14(12)20-15)10-4-3-5-11(8-10)16(18)19/h1-9H. The second kappa shape index (κ2) is 4.62. The number of non-ortho nitro benzene ring substituents is 1. The predicted octanol–water partition coefficient (Wildman–Crippen LogP) is 3.37. The first kappa shape index (κ1) is 12.1. The highest BCUT2D eigenvalue weighted by atomic mass is 16.6. The van der Waals surface area contributed by atoms with Crippen molar-refractivity contribution in [2.24, 2.45) is 0 Å². The second-order valence-corrected chi connectivity index (χ2v) is 4.28. The number of para-hydroxylation sites is 1. The maximum absolute atomic E-state index is 11.6. The first-order valence-corrected chi connectivity index (χ1v) is 5.93. The highest BCUT2D eigenvalue weighted by Gasteiger charge is 2.11. The van der Waals surface area contributed by atoms with Gasteiger partial charge in [0.1, 0.15) is 5.58 Å². The lowest BCUT2D eigenvalue weighted by molar-refractivity contribution is -0.384. The summed E-state index contributed by atoms with van der Waals surface area (Å²) in [7, 11) is 0. The fourth-order valence-electron chi connectivity index (χ4n) is 2.14. The Morgan fingerprint density at radius 3 is 2.60 bits per heavy atom. The topological polar surface area (TPSA) is 73.3 Å². The van der Waals surface area contributed by atoms with Gasteiger partial charge in [0.05, 0.1) is 4.92 Å². The average Bonchev–Trinajstić information content (AvgIpc) is 2.46. The Hall–Kier alpha value is -2.95. The van der Waals surface area contributed by atoms with Crippen molar-refractivity contribution in [2.75, 3.05) is 0 Å². The third-order valence-corrected chi connectivity index (χ3v) is 3.02. The van der Waals surface area contributed by atoms with Crippen LogP contribution in [0.4, 0.5) is 5.69 Å². The maximum Gasteiger partial charge on any atom is 0.336 e. The molecule has 0 atom stereocenters. The Kier molecular flexibility index (Phi) is 2.80. The van der Waals surface area contributed by atoms with Crippen LogP contribution in [-0.2, 0) is 0 Å². The molecule has 0 N–H and O–H groups in total. The molecule has 98 valence electrons. The zero-order valence-electron chi connectivity index (χ0n) is 10.3. The fraction of sp³-hybridized carbons (Fsp3) is 0. The molecule has 5 heteroatoms. The number of nitro benzene ring substituents is 1. The summed E-state index contributed by atoms with van der Waals surface area (Å²) in [6.45, 7) is 0. The molecule has 2 aromatic carbocycles. The summed E-state index contributed by atoms with van der Waals surface area (Å²) in [5, 5.41) is 11.6. The number of hydrogen-bond acceptors (Lipinski definition) is 4. The third kappa shape index (κ3) is 2.05. The van der Waals surface area contributed by atoms with E-state index in [1.807, 2.05) is 12.1 Å². The van der Waals surface area contributed by atoms with E-state index < -0.39 is 10.5 Å². The number of hydrogen-bond donors (Lipinski definition) is 0. The number of rotatable bonds is 2. The molecule has 0 saturated heterocycles. The van der Waals surface area contributed by atoms with Crippen LogP contribution in [0.25, 0.3) is 22.1 Å². The number of fused-ring (bicyclic) bond motifs is 1. The van der Waals surface area contributed by atoms with E-state index in [9.17, 15) is 14.9 Å². The average molecular weight is 267 g/mol. The molecule has 1 heterocycles. The van der Waals surface area contributed by atoms with Gasteiger partial charge in [-0.1, -0.05) is 30.3 Å². The van der Waals surface area contributed by atoms with Crippen molar-refractivity contribution in [1.29, 1.82) is 0 Å². The first-order valence-electron chi connectivity index (χ1n) is 5.93. The van der Waals surface area contributed by atoms with Gasteiger partial charge in [0.15, 0.2) is 0 Å². The summed E-state index contributed by atoms with van der Waals surface area (Å²) in [6, 6.07) is 14.6. The minimum Gasteiger partial charge on any atom is -0.423 e. The molecule has 0 unspecified atom stereocenters. The van der Waals surface area contributed by atoms with Gasteiger partial charge in [0.25, 0.3) is 5.69 Å². The maximum atomic E-state index is 11.6. The fourth-order valence-corrected chi connectivity index (χ4v) is 2.14. The van der Waals surface area contributed by atoms with E-state index in [1.54, 1.807) is 24.3 Å². The zero-order chi connectivity index (χ0) is 14.1. The van der Waals surface area contributed by atoms with Gasteiger partial charge in [-0.25, -0.2) is 4.79 Å². The van der Waals surface area contributed by atoms with Crippen LogP contribution >= 0.6 is 0 Å². The molecule has 0 aliphatic rings. The molecule has 5 nitrogen and oxygen atoms in total. The van der Waals surface area contributed by atoms with Crippen LogP contribution < -0.4 is 5.63 Å². The van der Waals surface area contributed by atoms with E-state index in [0.717, 1.165) is 5.39 Å². The van der Waals surface area contributed by atoms with E-state index >= 15 is 0 Å². The van der Waals surface area contributed by atoms with Gasteiger partial charge in [-0.15, -0.1) is 0 Å². The molecule has 3 rings (SSSR count). The van der Waals surface area contributed by atoms with Gasteiger partial charge in [0, 0.05) is 29.1 Å². The van der Waals surface area contributed by atoms with Gasteiger partial charge >= 0.3 is 5.63 Å². The van der Waals surface area contributed by atoms with Gasteiger partial charge in [0.2, 0.25) is 0 Å². The van der Waals surface area contributed by atoms with Crippen molar-refractivity contribution in [3.63, 3.8) is 0 Å². The number of nitrogens with zero attached hydrogens (tertiary/aromatic N) is 1. The van der Waals surface area contributed by atoms with Crippen molar-refractivity contribution < 1.29 is 9.34 Å². The molecule has 0 fully saturated rings. The Labute approximate surface area is 113 Å². The van der Waals surface area contributed by atoms with Gasteiger partial charge in [-0.2, -0.15) is 0 Å². The largest absolute Gasteiger partial charge is 0.423 e. The molecule has 0 spiro atoms. The van der Waals surface area contributed by atoms with E-state index in [-0.39, 0.29) is 5.69 Å². The van der Waals surface area contributed by atoms with Gasteiger partial charge in [-0.05, 0) is 11.6 Å². The monoisotopic (exact) mass is 267 g/mol. The van der Waals surface area contributed by atoms with Crippen LogP contribution in [0.15, 0.2) is 63.8 Å². The lowest BCUT2D eigenvalue weighted by Gasteiger charge is -2.05. The Balaban J connectivity index is 2.31.